The monoisotopic (exact) mass is 600 g/mol. The maximum atomic E-state index is 13.8. The van der Waals surface area contributed by atoms with Gasteiger partial charge in [0.05, 0.1) is 23.0 Å². The third-order valence-electron chi connectivity index (χ3n) is 8.76. The van der Waals surface area contributed by atoms with Crippen LogP contribution in [0.4, 0.5) is 4.79 Å². The second kappa shape index (κ2) is 10.8. The molecule has 2 bridgehead atoms. The van der Waals surface area contributed by atoms with Crippen molar-refractivity contribution >= 4 is 27.9 Å². The summed E-state index contributed by atoms with van der Waals surface area (Å²) in [6.45, 7) is 7.74. The van der Waals surface area contributed by atoms with Crippen LogP contribution in [0.25, 0.3) is 0 Å². The third kappa shape index (κ3) is 5.59. The van der Waals surface area contributed by atoms with Gasteiger partial charge in [-0.1, -0.05) is 12.1 Å². The van der Waals surface area contributed by atoms with Gasteiger partial charge >= 0.3 is 6.09 Å². The van der Waals surface area contributed by atoms with E-state index >= 15 is 0 Å². The quantitative estimate of drug-likeness (QED) is 0.475. The van der Waals surface area contributed by atoms with E-state index in [1.165, 1.54) is 14.1 Å². The van der Waals surface area contributed by atoms with E-state index in [-0.39, 0.29) is 41.4 Å². The number of piperidine rings is 1. The first kappa shape index (κ1) is 30.3. The molecule has 12 nitrogen and oxygen atoms in total. The highest BCUT2D eigenvalue weighted by molar-refractivity contribution is 7.89. The highest BCUT2D eigenvalue weighted by Gasteiger charge is 2.56. The Morgan fingerprint density at radius 1 is 1.21 bits per heavy atom. The van der Waals surface area contributed by atoms with Gasteiger partial charge in [0.2, 0.25) is 21.8 Å². The summed E-state index contributed by atoms with van der Waals surface area (Å²) >= 11 is 0. The fraction of sp³-hybridized carbons (Fsp3) is 0.655. The molecule has 1 N–H and O–H groups in total. The molecule has 13 heteroatoms. The zero-order valence-electron chi connectivity index (χ0n) is 25.0. The topological polar surface area (TPSA) is 143 Å². The minimum atomic E-state index is -3.63. The van der Waals surface area contributed by atoms with Crippen LogP contribution in [0.3, 0.4) is 0 Å². The molecule has 0 unspecified atom stereocenters. The Hall–Kier alpha value is -3.21. The van der Waals surface area contributed by atoms with E-state index in [2.05, 4.69) is 11.4 Å². The van der Waals surface area contributed by atoms with E-state index in [4.69, 9.17) is 4.74 Å². The van der Waals surface area contributed by atoms with Crippen LogP contribution >= 0.6 is 0 Å². The van der Waals surface area contributed by atoms with Crippen LogP contribution in [0, 0.1) is 17.2 Å². The molecule has 1 aromatic carbocycles. The van der Waals surface area contributed by atoms with Crippen LogP contribution < -0.4 is 5.32 Å². The maximum absolute atomic E-state index is 13.8. The zero-order valence-corrected chi connectivity index (χ0v) is 25.8. The smallest absolute Gasteiger partial charge is 0.408 e. The lowest BCUT2D eigenvalue weighted by Gasteiger charge is -2.39. The van der Waals surface area contributed by atoms with E-state index in [9.17, 15) is 28.1 Å². The Balaban J connectivity index is 1.32. The lowest BCUT2D eigenvalue weighted by molar-refractivity contribution is -0.141. The molecule has 1 aliphatic carbocycles. The minimum absolute atomic E-state index is 0.0187. The number of ether oxygens (including phenoxy) is 1. The van der Waals surface area contributed by atoms with E-state index in [0.29, 0.717) is 25.3 Å². The first-order valence-corrected chi connectivity index (χ1v) is 15.9. The lowest BCUT2D eigenvalue weighted by atomic mass is 10.1. The molecule has 3 saturated heterocycles. The van der Waals surface area contributed by atoms with Crippen LogP contribution in [0.1, 0.15) is 58.6 Å². The van der Waals surface area contributed by atoms with Crippen molar-refractivity contribution in [3.63, 3.8) is 0 Å². The maximum Gasteiger partial charge on any atom is 0.408 e. The molecule has 3 aliphatic heterocycles. The molecule has 1 saturated carbocycles. The number of piperazine rings is 1. The molecule has 5 rings (SSSR count). The van der Waals surface area contributed by atoms with Crippen molar-refractivity contribution in [2.24, 2.45) is 5.92 Å². The van der Waals surface area contributed by atoms with Gasteiger partial charge in [0.15, 0.2) is 0 Å². The van der Waals surface area contributed by atoms with Gasteiger partial charge in [-0.2, -0.15) is 5.26 Å². The van der Waals surface area contributed by atoms with Gasteiger partial charge in [0.1, 0.15) is 17.7 Å². The summed E-state index contributed by atoms with van der Waals surface area (Å²) in [5, 5.41) is 12.4. The number of amides is 3. The minimum Gasteiger partial charge on any atom is -0.444 e. The number of carbonyl (C=O) groups excluding carboxylic acids is 3. The van der Waals surface area contributed by atoms with Gasteiger partial charge in [-0.15, -0.1) is 0 Å². The van der Waals surface area contributed by atoms with Crippen molar-refractivity contribution in [1.82, 2.24) is 24.3 Å². The molecule has 0 radical (unpaired) electrons. The molecule has 3 heterocycles. The first-order chi connectivity index (χ1) is 19.6. The fourth-order valence-electron chi connectivity index (χ4n) is 6.64. The normalized spacial score (nSPS) is 28.4. The largest absolute Gasteiger partial charge is 0.444 e. The highest BCUT2D eigenvalue weighted by Crippen LogP contribution is 2.48. The molecule has 1 aromatic rings. The third-order valence-corrected chi connectivity index (χ3v) is 10.6. The molecule has 7 atom stereocenters. The predicted octanol–water partition coefficient (Wildman–Crippen LogP) is 1.69. The number of likely N-dealkylation sites (tertiary alicyclic amines) is 3. The molecular weight excluding hydrogens is 560 g/mol. The molecular formula is C29H40N6O6S. The summed E-state index contributed by atoms with van der Waals surface area (Å²) < 4.78 is 32.0. The van der Waals surface area contributed by atoms with E-state index < -0.39 is 39.8 Å². The Kier molecular flexibility index (Phi) is 7.79. The molecule has 42 heavy (non-hydrogen) atoms. The number of nitriles is 1. The van der Waals surface area contributed by atoms with Crippen LogP contribution in [0.5, 0.6) is 0 Å². The van der Waals surface area contributed by atoms with Gasteiger partial charge in [-0.25, -0.2) is 17.5 Å². The van der Waals surface area contributed by atoms with Crippen LogP contribution in [-0.2, 0) is 24.3 Å². The van der Waals surface area contributed by atoms with Gasteiger partial charge in [-0.05, 0) is 70.6 Å². The van der Waals surface area contributed by atoms with Crippen molar-refractivity contribution in [2.75, 3.05) is 27.2 Å². The van der Waals surface area contributed by atoms with Crippen LogP contribution in [0.2, 0.25) is 0 Å². The predicted molar refractivity (Wildman–Crippen MR) is 152 cm³/mol. The van der Waals surface area contributed by atoms with Gasteiger partial charge in [0, 0.05) is 39.3 Å². The Morgan fingerprint density at radius 3 is 2.55 bits per heavy atom. The summed E-state index contributed by atoms with van der Waals surface area (Å²) in [5.41, 5.74) is -0.0366. The van der Waals surface area contributed by atoms with Gasteiger partial charge in [0.25, 0.3) is 0 Å². The van der Waals surface area contributed by atoms with E-state index in [1.54, 1.807) is 43.9 Å². The fourth-order valence-corrected chi connectivity index (χ4v) is 7.60. The number of rotatable bonds is 8. The summed E-state index contributed by atoms with van der Waals surface area (Å²) in [5.74, 6) is -0.0930. The number of benzene rings is 1. The standard InChI is InChI=1S/C29H40N6O6S/c1-17(18-8-7-9-22(11-18)42(39,40)32(5)6)34-21-13-25(27(34)37)33(15-21)16-23(31-28(38)41-29(2,3)4)26(36)35-20(14-30)10-19-12-24(19)35/h7-9,11,17,19-21,23-25H,10,12-13,15-16H2,1-6H3,(H,31,38)/t17-,19+,20-,21+,23-,24-,25+/m0/s1. The Labute approximate surface area is 247 Å². The van der Waals surface area contributed by atoms with E-state index in [1.807, 2.05) is 22.8 Å². The number of alkyl carbamates (subject to hydrolysis) is 1. The number of sulfonamides is 1. The number of carbonyl (C=O) groups is 3. The molecule has 0 spiro atoms. The number of fused-ring (bicyclic) bond motifs is 3. The van der Waals surface area contributed by atoms with Crippen LogP contribution in [0.15, 0.2) is 29.2 Å². The molecule has 0 aromatic heterocycles. The Morgan fingerprint density at radius 2 is 1.93 bits per heavy atom. The molecule has 4 fully saturated rings. The second-order valence-corrected chi connectivity index (χ2v) is 15.2. The first-order valence-electron chi connectivity index (χ1n) is 14.4. The second-order valence-electron chi connectivity index (χ2n) is 13.0. The molecule has 228 valence electrons. The SMILES string of the molecule is C[C@@H](c1cccc(S(=O)(=O)N(C)C)c1)N1C(=O)[C@H]2C[C@@H]1CN2C[C@H](NC(=O)OC(C)(C)C)C(=O)N1[C@H](C#N)C[C@@H]2C[C@@H]21. The number of hydrogen-bond donors (Lipinski definition) is 1. The summed E-state index contributed by atoms with van der Waals surface area (Å²) in [7, 11) is -0.669. The zero-order chi connectivity index (χ0) is 30.7. The number of hydrogen-bond acceptors (Lipinski definition) is 8. The van der Waals surface area contributed by atoms with Gasteiger partial charge in [-0.3, -0.25) is 14.5 Å². The number of nitrogens with zero attached hydrogens (tertiary/aromatic N) is 5. The van der Waals surface area contributed by atoms with Crippen molar-refractivity contribution in [2.45, 2.75) is 93.7 Å². The van der Waals surface area contributed by atoms with Crippen LogP contribution in [-0.4, -0.2) is 108 Å². The summed E-state index contributed by atoms with van der Waals surface area (Å²) in [6.07, 6.45) is 1.35. The van der Waals surface area contributed by atoms with Crippen molar-refractivity contribution in [1.29, 1.82) is 5.26 Å². The van der Waals surface area contributed by atoms with Crippen molar-refractivity contribution < 1.29 is 27.5 Å². The highest BCUT2D eigenvalue weighted by atomic mass is 32.2. The molecule has 4 aliphatic rings. The summed E-state index contributed by atoms with van der Waals surface area (Å²) in [4.78, 5) is 45.7. The summed E-state index contributed by atoms with van der Waals surface area (Å²) in [6, 6.07) is 6.47. The van der Waals surface area contributed by atoms with E-state index in [0.717, 1.165) is 16.3 Å². The van der Waals surface area contributed by atoms with Crippen molar-refractivity contribution in [3.8, 4) is 6.07 Å². The molecule has 3 amide bonds. The van der Waals surface area contributed by atoms with Gasteiger partial charge < -0.3 is 19.9 Å². The Bertz CT molecular complexity index is 1420. The average molecular weight is 601 g/mol. The average Bonchev–Trinajstić information content (AvgIpc) is 3.23. The number of nitrogens with one attached hydrogen (secondary N) is 1. The lowest BCUT2D eigenvalue weighted by Crippen LogP contribution is -2.59. The van der Waals surface area contributed by atoms with Crippen molar-refractivity contribution in [3.05, 3.63) is 29.8 Å².